The molecule has 1 fully saturated rings. The average Bonchev–Trinajstić information content (AvgIpc) is 2.68. The number of pyridine rings is 1. The predicted octanol–water partition coefficient (Wildman–Crippen LogP) is 1.96. The Labute approximate surface area is 156 Å². The molecule has 3 rings (SSSR count). The molecule has 2 amide bonds. The second-order valence-electron chi connectivity index (χ2n) is 6.17. The first-order valence-electron chi connectivity index (χ1n) is 8.30. The number of hydrogen-bond donors (Lipinski definition) is 2. The molecule has 0 saturated carbocycles. The number of methoxy groups -OCH3 is 1. The van der Waals surface area contributed by atoms with Gasteiger partial charge in [-0.1, -0.05) is 12.1 Å². The minimum atomic E-state index is -1.13. The smallest absolute Gasteiger partial charge is 0.413 e. The lowest BCUT2D eigenvalue weighted by Gasteiger charge is -2.31. The predicted molar refractivity (Wildman–Crippen MR) is 96.2 cm³/mol. The summed E-state index contributed by atoms with van der Waals surface area (Å²) in [7, 11) is 1.56. The molecule has 8 heteroatoms. The summed E-state index contributed by atoms with van der Waals surface area (Å²) in [6, 6.07) is 12.0. The standard InChI is InChI=1S/C19H18N4O4/c1-27-14-4-2-12(3-5-14)11-23(19(25)26)17-9-13(6-7-21-17)8-15-16(10-20)22-18(15)24/h2-7,9,15-16H,8,11H2,1H3,(H,22,24)(H,25,26)/t15-,16-/m1/s1. The topological polar surface area (TPSA) is 116 Å². The van der Waals surface area contributed by atoms with Crippen LogP contribution in [0.15, 0.2) is 42.6 Å². The minimum absolute atomic E-state index is 0.126. The van der Waals surface area contributed by atoms with E-state index < -0.39 is 18.1 Å². The van der Waals surface area contributed by atoms with Crippen molar-refractivity contribution in [2.24, 2.45) is 5.92 Å². The Morgan fingerprint density at radius 2 is 2.07 bits per heavy atom. The van der Waals surface area contributed by atoms with Gasteiger partial charge >= 0.3 is 6.09 Å². The van der Waals surface area contributed by atoms with Crippen LogP contribution in [0.1, 0.15) is 11.1 Å². The number of carbonyl (C=O) groups excluding carboxylic acids is 1. The van der Waals surface area contributed by atoms with Crippen molar-refractivity contribution in [3.05, 3.63) is 53.7 Å². The van der Waals surface area contributed by atoms with E-state index in [1.165, 1.54) is 6.20 Å². The van der Waals surface area contributed by atoms with Gasteiger partial charge in [-0.15, -0.1) is 0 Å². The van der Waals surface area contributed by atoms with Gasteiger partial charge in [-0.25, -0.2) is 9.78 Å². The number of carboxylic acid groups (broad SMARTS) is 1. The van der Waals surface area contributed by atoms with Crippen molar-refractivity contribution >= 4 is 17.8 Å². The fourth-order valence-electron chi connectivity index (χ4n) is 2.90. The molecule has 2 atom stereocenters. The van der Waals surface area contributed by atoms with Gasteiger partial charge in [-0.2, -0.15) is 5.26 Å². The zero-order chi connectivity index (χ0) is 19.4. The fourth-order valence-corrected chi connectivity index (χ4v) is 2.90. The number of aromatic nitrogens is 1. The van der Waals surface area contributed by atoms with E-state index in [0.717, 1.165) is 16.0 Å². The van der Waals surface area contributed by atoms with E-state index in [9.17, 15) is 14.7 Å². The van der Waals surface area contributed by atoms with E-state index >= 15 is 0 Å². The highest BCUT2D eigenvalue weighted by Crippen LogP contribution is 2.23. The van der Waals surface area contributed by atoms with Crippen LogP contribution in [0.2, 0.25) is 0 Å². The average molecular weight is 366 g/mol. The van der Waals surface area contributed by atoms with Gasteiger partial charge < -0.3 is 15.2 Å². The van der Waals surface area contributed by atoms with Gasteiger partial charge in [0.1, 0.15) is 17.6 Å². The number of rotatable bonds is 6. The van der Waals surface area contributed by atoms with Gasteiger partial charge in [-0.05, 0) is 41.8 Å². The van der Waals surface area contributed by atoms with Crippen LogP contribution in [0.3, 0.4) is 0 Å². The van der Waals surface area contributed by atoms with Crippen LogP contribution in [-0.2, 0) is 17.8 Å². The molecule has 0 unspecified atom stereocenters. The maximum Gasteiger partial charge on any atom is 0.413 e. The Hall–Kier alpha value is -3.60. The highest BCUT2D eigenvalue weighted by Gasteiger charge is 2.39. The molecule has 2 aromatic rings. The highest BCUT2D eigenvalue weighted by molar-refractivity contribution is 5.87. The van der Waals surface area contributed by atoms with E-state index in [-0.39, 0.29) is 18.3 Å². The van der Waals surface area contributed by atoms with Crippen molar-refractivity contribution in [1.82, 2.24) is 10.3 Å². The molecule has 0 spiro atoms. The number of hydrogen-bond acceptors (Lipinski definition) is 5. The molecular weight excluding hydrogens is 348 g/mol. The lowest BCUT2D eigenvalue weighted by atomic mass is 9.86. The Kier molecular flexibility index (Phi) is 5.22. The van der Waals surface area contributed by atoms with Gasteiger partial charge in [0.15, 0.2) is 0 Å². The summed E-state index contributed by atoms with van der Waals surface area (Å²) in [5.74, 6) is 0.356. The van der Waals surface area contributed by atoms with Crippen molar-refractivity contribution in [2.75, 3.05) is 12.0 Å². The molecule has 8 nitrogen and oxygen atoms in total. The Morgan fingerprint density at radius 1 is 1.33 bits per heavy atom. The molecule has 1 aromatic heterocycles. The van der Waals surface area contributed by atoms with Crippen molar-refractivity contribution in [1.29, 1.82) is 5.26 Å². The second kappa shape index (κ2) is 7.74. The minimum Gasteiger partial charge on any atom is -0.497 e. The molecule has 1 saturated heterocycles. The summed E-state index contributed by atoms with van der Waals surface area (Å²) in [4.78, 5) is 28.7. The van der Waals surface area contributed by atoms with Crippen LogP contribution in [0.4, 0.5) is 10.6 Å². The highest BCUT2D eigenvalue weighted by atomic mass is 16.5. The van der Waals surface area contributed by atoms with Crippen LogP contribution in [0.25, 0.3) is 0 Å². The summed E-state index contributed by atoms with van der Waals surface area (Å²) in [6.45, 7) is 0.126. The third-order valence-corrected chi connectivity index (χ3v) is 4.45. The number of amides is 2. The summed E-state index contributed by atoms with van der Waals surface area (Å²) in [5, 5.41) is 21.1. The first kappa shape index (κ1) is 18.2. The summed E-state index contributed by atoms with van der Waals surface area (Å²) < 4.78 is 5.10. The molecule has 0 bridgehead atoms. The number of carbonyl (C=O) groups is 2. The maximum atomic E-state index is 11.7. The largest absolute Gasteiger partial charge is 0.497 e. The first-order valence-corrected chi connectivity index (χ1v) is 8.30. The van der Waals surface area contributed by atoms with Crippen LogP contribution >= 0.6 is 0 Å². The van der Waals surface area contributed by atoms with E-state index in [0.29, 0.717) is 12.2 Å². The normalized spacial score (nSPS) is 18.0. The number of β-lactam (4-membered cyclic amide) rings is 1. The van der Waals surface area contributed by atoms with Gasteiger partial charge in [0, 0.05) is 6.20 Å². The van der Waals surface area contributed by atoms with Crippen molar-refractivity contribution in [3.63, 3.8) is 0 Å². The number of nitriles is 1. The van der Waals surface area contributed by atoms with E-state index in [1.807, 2.05) is 6.07 Å². The van der Waals surface area contributed by atoms with Crippen LogP contribution in [0.5, 0.6) is 5.75 Å². The molecule has 1 aliphatic rings. The molecular formula is C19H18N4O4. The Balaban J connectivity index is 1.78. The molecule has 2 N–H and O–H groups in total. The first-order chi connectivity index (χ1) is 13.0. The third-order valence-electron chi connectivity index (χ3n) is 4.45. The molecule has 138 valence electrons. The zero-order valence-corrected chi connectivity index (χ0v) is 14.6. The van der Waals surface area contributed by atoms with E-state index in [1.54, 1.807) is 43.5 Å². The number of nitrogens with one attached hydrogen (secondary N) is 1. The van der Waals surface area contributed by atoms with Crippen LogP contribution in [0, 0.1) is 17.2 Å². The SMILES string of the molecule is COc1ccc(CN(C(=O)O)c2cc(C[C@H]3C(=O)N[C@@H]3C#N)ccn2)cc1. The quantitative estimate of drug-likeness (QED) is 0.755. The van der Waals surface area contributed by atoms with Crippen LogP contribution in [-0.4, -0.2) is 35.2 Å². The fraction of sp³-hybridized carbons (Fsp3) is 0.263. The van der Waals surface area contributed by atoms with Gasteiger partial charge in [-0.3, -0.25) is 9.69 Å². The lowest BCUT2D eigenvalue weighted by molar-refractivity contribution is -0.133. The summed E-state index contributed by atoms with van der Waals surface area (Å²) >= 11 is 0. The van der Waals surface area contributed by atoms with Crippen molar-refractivity contribution in [3.8, 4) is 11.8 Å². The van der Waals surface area contributed by atoms with Crippen molar-refractivity contribution < 1.29 is 19.4 Å². The van der Waals surface area contributed by atoms with Gasteiger partial charge in [0.2, 0.25) is 5.91 Å². The number of ether oxygens (including phenoxy) is 1. The van der Waals surface area contributed by atoms with Gasteiger partial charge in [0.25, 0.3) is 0 Å². The number of nitrogens with zero attached hydrogens (tertiary/aromatic N) is 3. The van der Waals surface area contributed by atoms with E-state index in [4.69, 9.17) is 10.00 Å². The summed E-state index contributed by atoms with van der Waals surface area (Å²) in [6.07, 6.45) is 0.731. The number of anilines is 1. The summed E-state index contributed by atoms with van der Waals surface area (Å²) in [5.41, 5.74) is 1.54. The van der Waals surface area contributed by atoms with Crippen molar-refractivity contribution in [2.45, 2.75) is 19.0 Å². The van der Waals surface area contributed by atoms with E-state index in [2.05, 4.69) is 10.3 Å². The third kappa shape index (κ3) is 3.98. The maximum absolute atomic E-state index is 11.7. The number of benzene rings is 1. The lowest BCUT2D eigenvalue weighted by Crippen LogP contribution is -2.58. The van der Waals surface area contributed by atoms with Gasteiger partial charge in [0.05, 0.1) is 25.6 Å². The second-order valence-corrected chi connectivity index (χ2v) is 6.17. The molecule has 1 aliphatic heterocycles. The molecule has 27 heavy (non-hydrogen) atoms. The Morgan fingerprint density at radius 3 is 2.67 bits per heavy atom. The molecule has 2 heterocycles. The molecule has 0 aliphatic carbocycles. The Bertz CT molecular complexity index is 891. The molecule has 0 radical (unpaired) electrons. The molecule has 1 aromatic carbocycles. The van der Waals surface area contributed by atoms with Crippen LogP contribution < -0.4 is 15.0 Å². The zero-order valence-electron chi connectivity index (χ0n) is 14.6. The monoisotopic (exact) mass is 366 g/mol.